The lowest BCUT2D eigenvalue weighted by molar-refractivity contribution is 0.275. The molecular formula is C10H22N2OS. The van der Waals surface area contributed by atoms with E-state index in [-0.39, 0.29) is 6.04 Å². The SMILES string of the molecule is CC(C(N)=S)N(C)CCCCCCO. The monoisotopic (exact) mass is 218 g/mol. The molecule has 0 bridgehead atoms. The lowest BCUT2D eigenvalue weighted by atomic mass is 10.2. The van der Waals surface area contributed by atoms with Gasteiger partial charge in [0.25, 0.3) is 0 Å². The van der Waals surface area contributed by atoms with Gasteiger partial charge < -0.3 is 10.8 Å². The fraction of sp³-hybridized carbons (Fsp3) is 0.900. The molecule has 0 heterocycles. The van der Waals surface area contributed by atoms with Crippen LogP contribution in [0.3, 0.4) is 0 Å². The number of aliphatic hydroxyl groups is 1. The molecule has 0 aliphatic carbocycles. The Hall–Kier alpha value is -0.190. The number of hydrogen-bond donors (Lipinski definition) is 2. The Labute approximate surface area is 92.3 Å². The molecular weight excluding hydrogens is 196 g/mol. The predicted molar refractivity (Wildman–Crippen MR) is 64.4 cm³/mol. The third kappa shape index (κ3) is 6.29. The highest BCUT2D eigenvalue weighted by atomic mass is 32.1. The van der Waals surface area contributed by atoms with Crippen LogP contribution in [0, 0.1) is 0 Å². The van der Waals surface area contributed by atoms with Gasteiger partial charge in [0.15, 0.2) is 0 Å². The first-order valence-corrected chi connectivity index (χ1v) is 5.60. The van der Waals surface area contributed by atoms with E-state index in [0.717, 1.165) is 32.2 Å². The molecule has 0 aliphatic rings. The number of nitrogens with zero attached hydrogens (tertiary/aromatic N) is 1. The second-order valence-electron chi connectivity index (χ2n) is 3.70. The van der Waals surface area contributed by atoms with Crippen molar-refractivity contribution in [3.63, 3.8) is 0 Å². The zero-order chi connectivity index (χ0) is 11.0. The summed E-state index contributed by atoms with van der Waals surface area (Å²) in [6.07, 6.45) is 4.32. The van der Waals surface area contributed by atoms with E-state index in [1.54, 1.807) is 0 Å². The third-order valence-corrected chi connectivity index (χ3v) is 2.83. The van der Waals surface area contributed by atoms with Crippen molar-refractivity contribution in [3.8, 4) is 0 Å². The van der Waals surface area contributed by atoms with Crippen LogP contribution in [0.4, 0.5) is 0 Å². The van der Waals surface area contributed by atoms with Gasteiger partial charge in [-0.05, 0) is 33.4 Å². The smallest absolute Gasteiger partial charge is 0.0899 e. The number of hydrogen-bond acceptors (Lipinski definition) is 3. The lowest BCUT2D eigenvalue weighted by Gasteiger charge is -2.23. The maximum absolute atomic E-state index is 8.59. The van der Waals surface area contributed by atoms with Crippen molar-refractivity contribution < 1.29 is 5.11 Å². The summed E-state index contributed by atoms with van der Waals surface area (Å²) in [6.45, 7) is 3.35. The van der Waals surface area contributed by atoms with Crippen molar-refractivity contribution in [1.29, 1.82) is 0 Å². The Balaban J connectivity index is 3.43. The Kier molecular flexibility index (Phi) is 8.04. The first-order chi connectivity index (χ1) is 6.59. The highest BCUT2D eigenvalue weighted by Crippen LogP contribution is 2.03. The summed E-state index contributed by atoms with van der Waals surface area (Å²) in [5.41, 5.74) is 5.55. The normalized spacial score (nSPS) is 13.1. The molecule has 0 aromatic carbocycles. The molecule has 1 atom stereocenters. The molecule has 3 nitrogen and oxygen atoms in total. The number of rotatable bonds is 8. The molecule has 84 valence electrons. The Bertz CT molecular complexity index is 164. The highest BCUT2D eigenvalue weighted by Gasteiger charge is 2.10. The second kappa shape index (κ2) is 8.15. The predicted octanol–water partition coefficient (Wildman–Crippen LogP) is 1.15. The minimum absolute atomic E-state index is 0.183. The lowest BCUT2D eigenvalue weighted by Crippen LogP contribution is -2.39. The van der Waals surface area contributed by atoms with Crippen LogP contribution in [0.1, 0.15) is 32.6 Å². The van der Waals surface area contributed by atoms with Gasteiger partial charge in [-0.15, -0.1) is 0 Å². The molecule has 0 aliphatic heterocycles. The fourth-order valence-electron chi connectivity index (χ4n) is 1.24. The van der Waals surface area contributed by atoms with Gasteiger partial charge in [-0.3, -0.25) is 4.90 Å². The molecule has 0 rings (SSSR count). The van der Waals surface area contributed by atoms with Crippen LogP contribution in [0.5, 0.6) is 0 Å². The molecule has 0 saturated carbocycles. The molecule has 0 radical (unpaired) electrons. The maximum atomic E-state index is 8.59. The Morgan fingerprint density at radius 2 is 1.93 bits per heavy atom. The zero-order valence-corrected chi connectivity index (χ0v) is 10.0. The van der Waals surface area contributed by atoms with Crippen LogP contribution in [0.15, 0.2) is 0 Å². The van der Waals surface area contributed by atoms with Crippen molar-refractivity contribution >= 4 is 17.2 Å². The van der Waals surface area contributed by atoms with Crippen LogP contribution in [-0.2, 0) is 0 Å². The second-order valence-corrected chi connectivity index (χ2v) is 4.17. The van der Waals surface area contributed by atoms with Gasteiger partial charge in [0.1, 0.15) is 0 Å². The number of likely N-dealkylation sites (N-methyl/N-ethyl adjacent to an activating group) is 1. The van der Waals surface area contributed by atoms with Gasteiger partial charge in [-0.25, -0.2) is 0 Å². The van der Waals surface area contributed by atoms with Crippen molar-refractivity contribution in [2.45, 2.75) is 38.6 Å². The maximum Gasteiger partial charge on any atom is 0.0899 e. The van der Waals surface area contributed by atoms with Crippen LogP contribution < -0.4 is 5.73 Å². The quantitative estimate of drug-likeness (QED) is 0.474. The van der Waals surface area contributed by atoms with E-state index in [2.05, 4.69) is 4.90 Å². The number of unbranched alkanes of at least 4 members (excludes halogenated alkanes) is 3. The first kappa shape index (κ1) is 13.8. The van der Waals surface area contributed by atoms with E-state index in [4.69, 9.17) is 23.1 Å². The van der Waals surface area contributed by atoms with E-state index in [0.29, 0.717) is 11.6 Å². The van der Waals surface area contributed by atoms with Gasteiger partial charge in [0.05, 0.1) is 11.0 Å². The molecule has 0 amide bonds. The van der Waals surface area contributed by atoms with Crippen molar-refractivity contribution in [1.82, 2.24) is 4.90 Å². The fourth-order valence-corrected chi connectivity index (χ4v) is 1.42. The Morgan fingerprint density at radius 3 is 2.43 bits per heavy atom. The summed E-state index contributed by atoms with van der Waals surface area (Å²) in [6, 6.07) is 0.183. The van der Waals surface area contributed by atoms with Gasteiger partial charge in [0.2, 0.25) is 0 Å². The molecule has 4 heteroatoms. The summed E-state index contributed by atoms with van der Waals surface area (Å²) in [7, 11) is 2.04. The van der Waals surface area contributed by atoms with Crippen molar-refractivity contribution in [2.75, 3.05) is 20.2 Å². The van der Waals surface area contributed by atoms with Crippen molar-refractivity contribution in [3.05, 3.63) is 0 Å². The van der Waals surface area contributed by atoms with E-state index < -0.39 is 0 Å². The third-order valence-electron chi connectivity index (χ3n) is 2.49. The average Bonchev–Trinajstić information content (AvgIpc) is 2.16. The summed E-state index contributed by atoms with van der Waals surface area (Å²) >= 11 is 4.92. The highest BCUT2D eigenvalue weighted by molar-refractivity contribution is 7.80. The molecule has 0 aromatic rings. The minimum Gasteiger partial charge on any atom is -0.396 e. The molecule has 1 unspecified atom stereocenters. The number of nitrogens with two attached hydrogens (primary N) is 1. The Morgan fingerprint density at radius 1 is 1.36 bits per heavy atom. The van der Waals surface area contributed by atoms with Crippen LogP contribution in [0.25, 0.3) is 0 Å². The van der Waals surface area contributed by atoms with Crippen LogP contribution in [0.2, 0.25) is 0 Å². The number of thiocarbonyl (C=S) groups is 1. The summed E-state index contributed by atoms with van der Waals surface area (Å²) < 4.78 is 0. The standard InChI is InChI=1S/C10H22N2OS/c1-9(10(11)14)12(2)7-5-3-4-6-8-13/h9,13H,3-8H2,1-2H3,(H2,11,14). The van der Waals surface area contributed by atoms with Gasteiger partial charge in [-0.1, -0.05) is 25.1 Å². The summed E-state index contributed by atoms with van der Waals surface area (Å²) in [4.78, 5) is 2.73. The molecule has 0 aromatic heterocycles. The van der Waals surface area contributed by atoms with E-state index in [9.17, 15) is 0 Å². The van der Waals surface area contributed by atoms with E-state index >= 15 is 0 Å². The number of aliphatic hydroxyl groups excluding tert-OH is 1. The summed E-state index contributed by atoms with van der Waals surface area (Å²) in [5.74, 6) is 0. The zero-order valence-electron chi connectivity index (χ0n) is 9.20. The van der Waals surface area contributed by atoms with E-state index in [1.165, 1.54) is 0 Å². The topological polar surface area (TPSA) is 49.5 Å². The molecule has 0 saturated heterocycles. The molecule has 14 heavy (non-hydrogen) atoms. The molecule has 0 fully saturated rings. The largest absolute Gasteiger partial charge is 0.396 e. The minimum atomic E-state index is 0.183. The van der Waals surface area contributed by atoms with Gasteiger partial charge in [-0.2, -0.15) is 0 Å². The first-order valence-electron chi connectivity index (χ1n) is 5.20. The average molecular weight is 218 g/mol. The summed E-state index contributed by atoms with van der Waals surface area (Å²) in [5, 5.41) is 8.59. The molecule has 3 N–H and O–H groups in total. The van der Waals surface area contributed by atoms with Crippen molar-refractivity contribution in [2.24, 2.45) is 5.73 Å². The van der Waals surface area contributed by atoms with Crippen LogP contribution in [-0.4, -0.2) is 41.2 Å². The molecule has 0 spiro atoms. The van der Waals surface area contributed by atoms with Crippen LogP contribution >= 0.6 is 12.2 Å². The van der Waals surface area contributed by atoms with Gasteiger partial charge >= 0.3 is 0 Å². The van der Waals surface area contributed by atoms with E-state index in [1.807, 2.05) is 14.0 Å². The van der Waals surface area contributed by atoms with Gasteiger partial charge in [0, 0.05) is 6.61 Å².